The maximum absolute atomic E-state index is 11.2. The smallest absolute Gasteiger partial charge is 0.323 e. The van der Waals surface area contributed by atoms with E-state index < -0.39 is 0 Å². The maximum atomic E-state index is 11.2. The van der Waals surface area contributed by atoms with Crippen LogP contribution in [-0.2, 0) is 9.53 Å². The van der Waals surface area contributed by atoms with E-state index in [0.29, 0.717) is 6.61 Å². The van der Waals surface area contributed by atoms with Crippen LogP contribution in [0.5, 0.6) is 0 Å². The van der Waals surface area contributed by atoms with Crippen LogP contribution in [0, 0.1) is 0 Å². The van der Waals surface area contributed by atoms with Crippen LogP contribution in [0.4, 0.5) is 0 Å². The Hall–Kier alpha value is -0.610. The predicted octanol–water partition coefficient (Wildman–Crippen LogP) is -0.793. The minimum atomic E-state index is -0.0306. The molecule has 1 unspecified atom stereocenters. The molecule has 2 rings (SSSR count). The zero-order chi connectivity index (χ0) is 8.39. The van der Waals surface area contributed by atoms with Gasteiger partial charge < -0.3 is 10.1 Å². The van der Waals surface area contributed by atoms with Gasteiger partial charge in [-0.3, -0.25) is 9.69 Å². The summed E-state index contributed by atoms with van der Waals surface area (Å²) in [5.74, 6) is -0.0306. The summed E-state index contributed by atoms with van der Waals surface area (Å²) in [6.07, 6.45) is 0.874. The molecule has 0 spiro atoms. The normalized spacial score (nSPS) is 32.0. The molecule has 0 aromatic heterocycles. The predicted molar refractivity (Wildman–Crippen MR) is 43.8 cm³/mol. The van der Waals surface area contributed by atoms with Gasteiger partial charge in [-0.1, -0.05) is 0 Å². The topological polar surface area (TPSA) is 41.6 Å². The molecule has 68 valence electrons. The van der Waals surface area contributed by atoms with E-state index in [0.717, 1.165) is 32.6 Å². The Morgan fingerprint density at radius 2 is 2.17 bits per heavy atom. The molecule has 1 atom stereocenters. The molecule has 2 aliphatic rings. The molecule has 0 aromatic rings. The molecule has 2 saturated heterocycles. The molecule has 0 aliphatic carbocycles. The second-order valence-electron chi connectivity index (χ2n) is 3.26. The first-order valence-corrected chi connectivity index (χ1v) is 4.49. The molecular weight excluding hydrogens is 156 g/mol. The van der Waals surface area contributed by atoms with Gasteiger partial charge in [-0.25, -0.2) is 0 Å². The first-order valence-electron chi connectivity index (χ1n) is 4.49. The van der Waals surface area contributed by atoms with Crippen LogP contribution in [0.15, 0.2) is 0 Å². The van der Waals surface area contributed by atoms with Crippen molar-refractivity contribution in [3.8, 4) is 0 Å². The summed E-state index contributed by atoms with van der Waals surface area (Å²) in [5, 5.41) is 3.26. The van der Waals surface area contributed by atoms with E-state index in [1.165, 1.54) is 0 Å². The molecule has 0 bridgehead atoms. The van der Waals surface area contributed by atoms with E-state index >= 15 is 0 Å². The number of ether oxygens (including phenoxy) is 1. The fourth-order valence-electron chi connectivity index (χ4n) is 1.81. The average molecular weight is 170 g/mol. The van der Waals surface area contributed by atoms with Crippen LogP contribution in [0.25, 0.3) is 0 Å². The van der Waals surface area contributed by atoms with Crippen LogP contribution in [0.3, 0.4) is 0 Å². The summed E-state index contributed by atoms with van der Waals surface area (Å²) < 4.78 is 4.92. The van der Waals surface area contributed by atoms with Gasteiger partial charge >= 0.3 is 5.97 Å². The number of carbonyl (C=O) groups excluding carboxylic acids is 1. The summed E-state index contributed by atoms with van der Waals surface area (Å²) in [6, 6.07) is 0.0482. The number of cyclic esters (lactones) is 1. The van der Waals surface area contributed by atoms with Gasteiger partial charge in [-0.15, -0.1) is 0 Å². The molecule has 0 amide bonds. The van der Waals surface area contributed by atoms with Crippen molar-refractivity contribution in [2.45, 2.75) is 12.5 Å². The van der Waals surface area contributed by atoms with Crippen molar-refractivity contribution in [1.29, 1.82) is 0 Å². The highest BCUT2D eigenvalue weighted by Gasteiger charge is 2.32. The van der Waals surface area contributed by atoms with Crippen molar-refractivity contribution in [1.82, 2.24) is 10.2 Å². The van der Waals surface area contributed by atoms with Crippen molar-refractivity contribution >= 4 is 5.97 Å². The summed E-state index contributed by atoms with van der Waals surface area (Å²) in [5.41, 5.74) is 0. The van der Waals surface area contributed by atoms with Crippen LogP contribution in [-0.4, -0.2) is 49.7 Å². The zero-order valence-corrected chi connectivity index (χ0v) is 7.08. The largest absolute Gasteiger partial charge is 0.464 e. The molecule has 2 aliphatic heterocycles. The summed E-state index contributed by atoms with van der Waals surface area (Å²) in [4.78, 5) is 13.4. The van der Waals surface area contributed by atoms with E-state index in [1.54, 1.807) is 0 Å². The highest BCUT2D eigenvalue weighted by molar-refractivity contribution is 5.77. The Morgan fingerprint density at radius 1 is 1.42 bits per heavy atom. The molecule has 4 nitrogen and oxygen atoms in total. The molecule has 4 heteroatoms. The Balaban J connectivity index is 1.93. The third-order valence-corrected chi connectivity index (χ3v) is 2.50. The van der Waals surface area contributed by atoms with Gasteiger partial charge in [0.15, 0.2) is 0 Å². The van der Waals surface area contributed by atoms with Gasteiger partial charge in [-0.05, 0) is 0 Å². The lowest BCUT2D eigenvalue weighted by Gasteiger charge is -2.30. The zero-order valence-electron chi connectivity index (χ0n) is 7.08. The summed E-state index contributed by atoms with van der Waals surface area (Å²) >= 11 is 0. The number of nitrogens with one attached hydrogen (secondary N) is 1. The molecule has 12 heavy (non-hydrogen) atoms. The first-order chi connectivity index (χ1) is 5.88. The fraction of sp³-hybridized carbons (Fsp3) is 0.875. The lowest BCUT2D eigenvalue weighted by atomic mass is 10.2. The van der Waals surface area contributed by atoms with Gasteiger partial charge in [0.25, 0.3) is 0 Å². The van der Waals surface area contributed by atoms with E-state index in [-0.39, 0.29) is 12.0 Å². The lowest BCUT2D eigenvalue weighted by Crippen LogP contribution is -2.49. The lowest BCUT2D eigenvalue weighted by molar-refractivity contribution is -0.142. The van der Waals surface area contributed by atoms with E-state index in [4.69, 9.17) is 4.74 Å². The summed E-state index contributed by atoms with van der Waals surface area (Å²) in [6.45, 7) is 4.53. The van der Waals surface area contributed by atoms with Crippen molar-refractivity contribution in [2.75, 3.05) is 32.8 Å². The SMILES string of the molecule is O=C1OCCC1N1CCNCC1. The van der Waals surface area contributed by atoms with Crippen LogP contribution in [0.1, 0.15) is 6.42 Å². The quantitative estimate of drug-likeness (QED) is 0.523. The van der Waals surface area contributed by atoms with Gasteiger partial charge in [0, 0.05) is 32.6 Å². The van der Waals surface area contributed by atoms with Crippen molar-refractivity contribution in [2.24, 2.45) is 0 Å². The van der Waals surface area contributed by atoms with Crippen LogP contribution >= 0.6 is 0 Å². The minimum Gasteiger partial charge on any atom is -0.464 e. The molecule has 2 heterocycles. The third-order valence-electron chi connectivity index (χ3n) is 2.50. The maximum Gasteiger partial charge on any atom is 0.323 e. The van der Waals surface area contributed by atoms with Gasteiger partial charge in [0.05, 0.1) is 6.61 Å². The average Bonchev–Trinajstić information content (AvgIpc) is 2.53. The molecule has 2 fully saturated rings. The Labute approximate surface area is 71.9 Å². The molecule has 0 saturated carbocycles. The third kappa shape index (κ3) is 1.44. The van der Waals surface area contributed by atoms with E-state index in [9.17, 15) is 4.79 Å². The minimum absolute atomic E-state index is 0.0306. The van der Waals surface area contributed by atoms with E-state index in [1.807, 2.05) is 0 Å². The van der Waals surface area contributed by atoms with Gasteiger partial charge in [0.2, 0.25) is 0 Å². The van der Waals surface area contributed by atoms with Crippen molar-refractivity contribution in [3.63, 3.8) is 0 Å². The molecule has 0 aromatic carbocycles. The molecular formula is C8H14N2O2. The number of rotatable bonds is 1. The monoisotopic (exact) mass is 170 g/mol. The summed E-state index contributed by atoms with van der Waals surface area (Å²) in [7, 11) is 0. The first kappa shape index (κ1) is 8.01. The fourth-order valence-corrected chi connectivity index (χ4v) is 1.81. The van der Waals surface area contributed by atoms with Crippen LogP contribution < -0.4 is 5.32 Å². The number of piperazine rings is 1. The number of nitrogens with zero attached hydrogens (tertiary/aromatic N) is 1. The second kappa shape index (κ2) is 3.41. The molecule has 0 radical (unpaired) electrons. The van der Waals surface area contributed by atoms with Crippen LogP contribution in [0.2, 0.25) is 0 Å². The van der Waals surface area contributed by atoms with Gasteiger partial charge in [0.1, 0.15) is 6.04 Å². The van der Waals surface area contributed by atoms with Gasteiger partial charge in [-0.2, -0.15) is 0 Å². The Morgan fingerprint density at radius 3 is 2.75 bits per heavy atom. The number of hydrogen-bond acceptors (Lipinski definition) is 4. The molecule has 1 N–H and O–H groups in total. The number of hydrogen-bond donors (Lipinski definition) is 1. The van der Waals surface area contributed by atoms with E-state index in [2.05, 4.69) is 10.2 Å². The highest BCUT2D eigenvalue weighted by atomic mass is 16.5. The van der Waals surface area contributed by atoms with Crippen molar-refractivity contribution in [3.05, 3.63) is 0 Å². The Bertz CT molecular complexity index is 178. The second-order valence-corrected chi connectivity index (χ2v) is 3.26. The van der Waals surface area contributed by atoms with Crippen molar-refractivity contribution < 1.29 is 9.53 Å². The standard InChI is InChI=1S/C8H14N2O2/c11-8-7(1-6-12-8)10-4-2-9-3-5-10/h7,9H,1-6H2. The highest BCUT2D eigenvalue weighted by Crippen LogP contribution is 2.13. The number of carbonyl (C=O) groups is 1. The Kier molecular flexibility index (Phi) is 2.28. The number of esters is 1.